The van der Waals surface area contributed by atoms with Crippen molar-refractivity contribution in [3.8, 4) is 0 Å². The number of carbonyl (C=O) groups excluding carboxylic acids is 1. The molecular weight excluding hydrogens is 511 g/mol. The fraction of sp³-hybridized carbons (Fsp3) is 0.357. The Morgan fingerprint density at radius 1 is 1.22 bits per heavy atom. The zero-order chi connectivity index (χ0) is 17.3. The minimum absolute atomic E-state index is 0.0350. The number of para-hydroxylation sites is 1. The molecule has 1 aromatic carbocycles. The zero-order valence-electron chi connectivity index (χ0n) is 11.5. The number of halogens is 6. The number of esters is 1. The van der Waals surface area contributed by atoms with E-state index in [9.17, 15) is 18.0 Å². The summed E-state index contributed by atoms with van der Waals surface area (Å²) in [6, 6.07) is 6.65. The molecule has 0 aliphatic rings. The summed E-state index contributed by atoms with van der Waals surface area (Å²) in [5.41, 5.74) is 0.623. The van der Waals surface area contributed by atoms with Crippen LogP contribution in [0.2, 0.25) is 0 Å². The minimum atomic E-state index is -4.56. The Hall–Kier alpha value is -0.540. The number of carbonyl (C=O) groups is 1. The van der Waals surface area contributed by atoms with Gasteiger partial charge in [-0.3, -0.25) is 4.79 Å². The number of benzene rings is 1. The molecule has 0 fully saturated rings. The first-order valence-electron chi connectivity index (χ1n) is 6.43. The van der Waals surface area contributed by atoms with Crippen molar-refractivity contribution >= 4 is 64.7 Å². The summed E-state index contributed by atoms with van der Waals surface area (Å²) in [6.45, 7) is -0.162. The van der Waals surface area contributed by atoms with Crippen LogP contribution in [0.4, 0.5) is 13.2 Å². The Bertz CT molecular complexity index is 694. The van der Waals surface area contributed by atoms with Crippen LogP contribution in [0.1, 0.15) is 17.9 Å². The molecule has 23 heavy (non-hydrogen) atoms. The Labute approximate surface area is 155 Å². The highest BCUT2D eigenvalue weighted by molar-refractivity contribution is 9.39. The molecule has 1 N–H and O–H groups in total. The second kappa shape index (κ2) is 7.14. The monoisotopic (exact) mass is 519 g/mol. The van der Waals surface area contributed by atoms with Gasteiger partial charge < -0.3 is 9.72 Å². The van der Waals surface area contributed by atoms with E-state index >= 15 is 0 Å². The first-order chi connectivity index (χ1) is 10.6. The van der Waals surface area contributed by atoms with Crippen molar-refractivity contribution in [2.24, 2.45) is 0 Å². The van der Waals surface area contributed by atoms with Crippen molar-refractivity contribution in [3.63, 3.8) is 0 Å². The van der Waals surface area contributed by atoms with Gasteiger partial charge in [0.05, 0.1) is 12.3 Å². The Morgan fingerprint density at radius 2 is 1.87 bits per heavy atom. The van der Waals surface area contributed by atoms with Crippen LogP contribution in [0, 0.1) is 0 Å². The summed E-state index contributed by atoms with van der Waals surface area (Å²) in [4.78, 5) is 14.6. The van der Waals surface area contributed by atoms with Crippen molar-refractivity contribution < 1.29 is 22.7 Å². The van der Waals surface area contributed by atoms with E-state index in [4.69, 9.17) is 4.74 Å². The highest BCUT2D eigenvalue weighted by atomic mass is 80.0. The predicted molar refractivity (Wildman–Crippen MR) is 92.2 cm³/mol. The Kier molecular flexibility index (Phi) is 5.84. The molecule has 2 aromatic rings. The van der Waals surface area contributed by atoms with Crippen LogP contribution >= 0.6 is 47.8 Å². The standard InChI is InChI=1S/C14H11Br3F3NO2/c15-13(16,17)7-23-12(22)5-10(14(18,19)20)9-6-21-11-4-2-1-3-8(9)11/h1-4,6,10,21H,5,7H2/t10-/m0/s1. The zero-order valence-corrected chi connectivity index (χ0v) is 16.2. The lowest BCUT2D eigenvalue weighted by Gasteiger charge is -2.20. The van der Waals surface area contributed by atoms with Gasteiger partial charge in [0.1, 0.15) is 6.61 Å². The molecule has 1 heterocycles. The van der Waals surface area contributed by atoms with E-state index < -0.39 is 26.6 Å². The molecule has 0 radical (unpaired) electrons. The van der Waals surface area contributed by atoms with E-state index in [1.165, 1.54) is 6.20 Å². The predicted octanol–water partition coefficient (Wildman–Crippen LogP) is 5.59. The van der Waals surface area contributed by atoms with Gasteiger partial charge >= 0.3 is 12.1 Å². The molecule has 0 unspecified atom stereocenters. The molecule has 0 spiro atoms. The number of aromatic nitrogens is 1. The molecule has 0 aliphatic carbocycles. The van der Waals surface area contributed by atoms with E-state index in [-0.39, 0.29) is 12.2 Å². The first kappa shape index (κ1) is 18.8. The molecule has 126 valence electrons. The molecule has 0 amide bonds. The van der Waals surface area contributed by atoms with Crippen molar-refractivity contribution in [2.75, 3.05) is 6.61 Å². The molecule has 3 nitrogen and oxygen atoms in total. The lowest BCUT2D eigenvalue weighted by Crippen LogP contribution is -2.25. The fourth-order valence-corrected chi connectivity index (χ4v) is 2.52. The summed E-state index contributed by atoms with van der Waals surface area (Å²) in [5, 5.41) is 0.443. The lowest BCUT2D eigenvalue weighted by atomic mass is 9.94. The van der Waals surface area contributed by atoms with E-state index in [1.54, 1.807) is 24.3 Å². The van der Waals surface area contributed by atoms with Gasteiger partial charge in [-0.15, -0.1) is 0 Å². The van der Waals surface area contributed by atoms with Crippen LogP contribution in [0.15, 0.2) is 30.5 Å². The molecule has 9 heteroatoms. The van der Waals surface area contributed by atoms with Crippen LogP contribution in [-0.4, -0.2) is 25.9 Å². The molecule has 0 saturated carbocycles. The van der Waals surface area contributed by atoms with E-state index in [1.807, 2.05) is 0 Å². The summed E-state index contributed by atoms with van der Waals surface area (Å²) in [5.74, 6) is -2.86. The van der Waals surface area contributed by atoms with Gasteiger partial charge in [0, 0.05) is 17.1 Å². The number of fused-ring (bicyclic) bond motifs is 1. The van der Waals surface area contributed by atoms with E-state index in [0.717, 1.165) is 0 Å². The maximum absolute atomic E-state index is 13.4. The Balaban J connectivity index is 2.23. The summed E-state index contributed by atoms with van der Waals surface area (Å²) in [6.07, 6.45) is -4.05. The quantitative estimate of drug-likeness (QED) is 0.421. The van der Waals surface area contributed by atoms with Crippen molar-refractivity contribution in [1.82, 2.24) is 4.98 Å². The van der Waals surface area contributed by atoms with Crippen molar-refractivity contribution in [2.45, 2.75) is 20.7 Å². The van der Waals surface area contributed by atoms with Gasteiger partial charge in [-0.25, -0.2) is 0 Å². The van der Waals surface area contributed by atoms with E-state index in [2.05, 4.69) is 52.8 Å². The number of nitrogens with one attached hydrogen (secondary N) is 1. The summed E-state index contributed by atoms with van der Waals surface area (Å²) >= 11 is 9.34. The largest absolute Gasteiger partial charge is 0.462 e. The smallest absolute Gasteiger partial charge is 0.396 e. The molecule has 0 bridgehead atoms. The number of alkyl halides is 6. The minimum Gasteiger partial charge on any atom is -0.462 e. The molecule has 1 aromatic heterocycles. The molecule has 0 saturated heterocycles. The number of hydrogen-bond donors (Lipinski definition) is 1. The third-order valence-electron chi connectivity index (χ3n) is 3.16. The third kappa shape index (κ3) is 5.22. The maximum Gasteiger partial charge on any atom is 0.396 e. The van der Waals surface area contributed by atoms with Gasteiger partial charge in [0.25, 0.3) is 0 Å². The van der Waals surface area contributed by atoms with Crippen molar-refractivity contribution in [3.05, 3.63) is 36.0 Å². The van der Waals surface area contributed by atoms with Crippen LogP contribution in [0.3, 0.4) is 0 Å². The van der Waals surface area contributed by atoms with Gasteiger partial charge in [-0.2, -0.15) is 13.2 Å². The third-order valence-corrected chi connectivity index (χ3v) is 3.85. The first-order valence-corrected chi connectivity index (χ1v) is 8.81. The van der Waals surface area contributed by atoms with Crippen LogP contribution in [0.5, 0.6) is 0 Å². The average molecular weight is 522 g/mol. The SMILES string of the molecule is O=C(C[C@@H](c1c[nH]c2ccccc12)C(F)(F)F)OCC(Br)(Br)Br. The van der Waals surface area contributed by atoms with E-state index in [0.29, 0.717) is 10.9 Å². The summed E-state index contributed by atoms with van der Waals surface area (Å²) < 4.78 is 44.2. The maximum atomic E-state index is 13.4. The second-order valence-electron chi connectivity index (χ2n) is 4.86. The topological polar surface area (TPSA) is 42.1 Å². The molecule has 1 atom stereocenters. The number of H-pyrrole nitrogens is 1. The number of hydrogen-bond acceptors (Lipinski definition) is 2. The van der Waals surface area contributed by atoms with Gasteiger partial charge in [-0.05, 0) is 11.6 Å². The number of rotatable bonds is 4. The second-order valence-corrected chi connectivity index (χ2v) is 12.1. The lowest BCUT2D eigenvalue weighted by molar-refractivity contribution is -0.166. The molecule has 0 aliphatic heterocycles. The molecule has 2 rings (SSSR count). The summed E-state index contributed by atoms with van der Waals surface area (Å²) in [7, 11) is 0. The number of aromatic amines is 1. The number of ether oxygens (including phenoxy) is 1. The van der Waals surface area contributed by atoms with Gasteiger partial charge in [-0.1, -0.05) is 66.0 Å². The highest BCUT2D eigenvalue weighted by Gasteiger charge is 2.43. The van der Waals surface area contributed by atoms with Crippen LogP contribution in [0.25, 0.3) is 10.9 Å². The highest BCUT2D eigenvalue weighted by Crippen LogP contribution is 2.41. The van der Waals surface area contributed by atoms with Gasteiger partial charge in [0.15, 0.2) is 2.14 Å². The van der Waals surface area contributed by atoms with Gasteiger partial charge in [0.2, 0.25) is 0 Å². The van der Waals surface area contributed by atoms with Crippen LogP contribution < -0.4 is 0 Å². The molecular formula is C14H11Br3F3NO2. The van der Waals surface area contributed by atoms with Crippen molar-refractivity contribution in [1.29, 1.82) is 0 Å². The fourth-order valence-electron chi connectivity index (χ4n) is 2.17. The Morgan fingerprint density at radius 3 is 2.48 bits per heavy atom. The normalized spacial score (nSPS) is 14.0. The average Bonchev–Trinajstić information content (AvgIpc) is 2.84. The van der Waals surface area contributed by atoms with Crippen LogP contribution in [-0.2, 0) is 9.53 Å².